The van der Waals surface area contributed by atoms with Gasteiger partial charge < -0.3 is 0 Å². The van der Waals surface area contributed by atoms with Crippen molar-refractivity contribution < 1.29 is 4.79 Å². The highest BCUT2D eigenvalue weighted by molar-refractivity contribution is 6.36. The van der Waals surface area contributed by atoms with Crippen LogP contribution in [0.1, 0.15) is 43.5 Å². The minimum Gasteiger partial charge on any atom is -0.293 e. The van der Waals surface area contributed by atoms with E-state index in [0.717, 1.165) is 12.8 Å². The van der Waals surface area contributed by atoms with Gasteiger partial charge in [-0.15, -0.1) is 0 Å². The van der Waals surface area contributed by atoms with Gasteiger partial charge in [-0.3, -0.25) is 9.69 Å². The van der Waals surface area contributed by atoms with Crippen LogP contribution >= 0.6 is 23.2 Å². The van der Waals surface area contributed by atoms with Crippen molar-refractivity contribution in [3.8, 4) is 0 Å². The third kappa shape index (κ3) is 3.50. The molecule has 0 N–H and O–H groups in total. The summed E-state index contributed by atoms with van der Waals surface area (Å²) >= 11 is 12.0. The molecule has 0 aromatic heterocycles. The Morgan fingerprint density at radius 1 is 1.26 bits per heavy atom. The second-order valence-corrected chi connectivity index (χ2v) is 6.19. The van der Waals surface area contributed by atoms with Crippen molar-refractivity contribution in [2.45, 2.75) is 45.2 Å². The van der Waals surface area contributed by atoms with Gasteiger partial charge in [-0.25, -0.2) is 0 Å². The summed E-state index contributed by atoms with van der Waals surface area (Å²) < 4.78 is 0. The smallest absolute Gasteiger partial charge is 0.178 e. The molecule has 1 saturated heterocycles. The lowest BCUT2D eigenvalue weighted by Crippen LogP contribution is -2.46. The zero-order valence-corrected chi connectivity index (χ0v) is 12.8. The van der Waals surface area contributed by atoms with Gasteiger partial charge in [0, 0.05) is 22.7 Å². The minimum atomic E-state index is 0.0492. The van der Waals surface area contributed by atoms with Crippen LogP contribution in [0.4, 0.5) is 0 Å². The number of likely N-dealkylation sites (tertiary alicyclic amines) is 1. The van der Waals surface area contributed by atoms with E-state index in [1.807, 2.05) is 0 Å². The van der Waals surface area contributed by atoms with Crippen LogP contribution in [-0.2, 0) is 0 Å². The lowest BCUT2D eigenvalue weighted by atomic mass is 9.96. The molecule has 1 fully saturated rings. The first-order valence-corrected chi connectivity index (χ1v) is 7.48. The van der Waals surface area contributed by atoms with Crippen LogP contribution in [0, 0.1) is 0 Å². The molecule has 0 spiro atoms. The average Bonchev–Trinajstić information content (AvgIpc) is 2.37. The first kappa shape index (κ1) is 14.8. The molecule has 0 bridgehead atoms. The molecule has 1 heterocycles. The minimum absolute atomic E-state index is 0.0492. The quantitative estimate of drug-likeness (QED) is 0.769. The molecule has 1 aromatic carbocycles. The van der Waals surface area contributed by atoms with Crippen LogP contribution in [0.3, 0.4) is 0 Å². The number of halogens is 2. The summed E-state index contributed by atoms with van der Waals surface area (Å²) in [4.78, 5) is 14.7. The first-order chi connectivity index (χ1) is 8.99. The Balaban J connectivity index is 2.14. The molecule has 19 heavy (non-hydrogen) atoms. The van der Waals surface area contributed by atoms with Crippen molar-refractivity contribution >= 4 is 29.0 Å². The standard InChI is InChI=1S/C15H19Cl2NO/c1-10-4-3-5-11(2)18(10)9-15(19)13-8-12(16)6-7-14(13)17/h6-8,10-11H,3-5,9H2,1-2H3. The molecule has 104 valence electrons. The topological polar surface area (TPSA) is 20.3 Å². The summed E-state index contributed by atoms with van der Waals surface area (Å²) in [5.74, 6) is 0.0492. The summed E-state index contributed by atoms with van der Waals surface area (Å²) in [6.07, 6.45) is 3.55. The van der Waals surface area contributed by atoms with E-state index in [1.54, 1.807) is 18.2 Å². The van der Waals surface area contributed by atoms with E-state index in [-0.39, 0.29) is 5.78 Å². The number of carbonyl (C=O) groups is 1. The summed E-state index contributed by atoms with van der Waals surface area (Å²) in [5.41, 5.74) is 0.527. The van der Waals surface area contributed by atoms with E-state index in [4.69, 9.17) is 23.2 Å². The molecule has 1 aliphatic rings. The molecule has 2 unspecified atom stereocenters. The van der Waals surface area contributed by atoms with Crippen LogP contribution in [0.2, 0.25) is 10.0 Å². The fourth-order valence-electron chi connectivity index (χ4n) is 2.75. The molecule has 0 amide bonds. The molecule has 4 heteroatoms. The van der Waals surface area contributed by atoms with Gasteiger partial charge in [-0.1, -0.05) is 29.6 Å². The third-order valence-corrected chi connectivity index (χ3v) is 4.50. The van der Waals surface area contributed by atoms with Crippen LogP contribution < -0.4 is 0 Å². The van der Waals surface area contributed by atoms with Gasteiger partial charge in [-0.05, 0) is 44.9 Å². The average molecular weight is 300 g/mol. The van der Waals surface area contributed by atoms with E-state index < -0.39 is 0 Å². The molecular weight excluding hydrogens is 281 g/mol. The molecule has 0 aliphatic carbocycles. The highest BCUT2D eigenvalue weighted by Gasteiger charge is 2.27. The van der Waals surface area contributed by atoms with Crippen LogP contribution in [-0.4, -0.2) is 29.3 Å². The van der Waals surface area contributed by atoms with Gasteiger partial charge in [0.1, 0.15) is 0 Å². The summed E-state index contributed by atoms with van der Waals surface area (Å²) in [7, 11) is 0. The van der Waals surface area contributed by atoms with Crippen molar-refractivity contribution in [2.24, 2.45) is 0 Å². The molecule has 2 rings (SSSR count). The Morgan fingerprint density at radius 3 is 2.53 bits per heavy atom. The Bertz CT molecular complexity index is 465. The second-order valence-electron chi connectivity index (χ2n) is 5.35. The first-order valence-electron chi connectivity index (χ1n) is 6.73. The van der Waals surface area contributed by atoms with E-state index in [2.05, 4.69) is 18.7 Å². The number of benzene rings is 1. The summed E-state index contributed by atoms with van der Waals surface area (Å²) in [6.45, 7) is 4.79. The zero-order chi connectivity index (χ0) is 14.0. The van der Waals surface area contributed by atoms with E-state index >= 15 is 0 Å². The number of ketones is 1. The molecule has 2 atom stereocenters. The maximum absolute atomic E-state index is 12.4. The van der Waals surface area contributed by atoms with E-state index in [1.165, 1.54) is 6.42 Å². The number of rotatable bonds is 3. The predicted molar refractivity (Wildman–Crippen MR) is 80.3 cm³/mol. The molecule has 0 radical (unpaired) electrons. The van der Waals surface area contributed by atoms with Gasteiger partial charge in [0.25, 0.3) is 0 Å². The van der Waals surface area contributed by atoms with Crippen molar-refractivity contribution in [3.63, 3.8) is 0 Å². The Labute approximate surface area is 124 Å². The van der Waals surface area contributed by atoms with Gasteiger partial charge in [0.15, 0.2) is 5.78 Å². The number of nitrogens with zero attached hydrogens (tertiary/aromatic N) is 1. The van der Waals surface area contributed by atoms with Gasteiger partial charge in [-0.2, -0.15) is 0 Å². The largest absolute Gasteiger partial charge is 0.293 e. The van der Waals surface area contributed by atoms with Gasteiger partial charge in [0.2, 0.25) is 0 Å². The fraction of sp³-hybridized carbons (Fsp3) is 0.533. The molecule has 0 saturated carbocycles. The normalized spacial score (nSPS) is 24.4. The SMILES string of the molecule is CC1CCCC(C)N1CC(=O)c1cc(Cl)ccc1Cl. The Hall–Kier alpha value is -0.570. The van der Waals surface area contributed by atoms with Gasteiger partial charge in [0.05, 0.1) is 11.6 Å². The van der Waals surface area contributed by atoms with Crippen LogP contribution in [0.5, 0.6) is 0 Å². The molecule has 2 nitrogen and oxygen atoms in total. The highest BCUT2D eigenvalue weighted by Crippen LogP contribution is 2.25. The highest BCUT2D eigenvalue weighted by atomic mass is 35.5. The van der Waals surface area contributed by atoms with Crippen LogP contribution in [0.15, 0.2) is 18.2 Å². The lowest BCUT2D eigenvalue weighted by Gasteiger charge is -2.38. The van der Waals surface area contributed by atoms with Crippen molar-refractivity contribution in [3.05, 3.63) is 33.8 Å². The number of hydrogen-bond acceptors (Lipinski definition) is 2. The summed E-state index contributed by atoms with van der Waals surface area (Å²) in [5, 5.41) is 1.03. The zero-order valence-electron chi connectivity index (χ0n) is 11.3. The monoisotopic (exact) mass is 299 g/mol. The number of carbonyl (C=O) groups excluding carboxylic acids is 1. The number of piperidine rings is 1. The number of Topliss-reactive ketones (excluding diaryl/α,β-unsaturated/α-hetero) is 1. The number of hydrogen-bond donors (Lipinski definition) is 0. The van der Waals surface area contributed by atoms with Gasteiger partial charge >= 0.3 is 0 Å². The van der Waals surface area contributed by atoms with E-state index in [9.17, 15) is 4.79 Å². The summed E-state index contributed by atoms with van der Waals surface area (Å²) in [6, 6.07) is 5.94. The molecule has 1 aliphatic heterocycles. The van der Waals surface area contributed by atoms with E-state index in [0.29, 0.717) is 34.2 Å². The Kier molecular flexibility index (Phi) is 4.88. The fourth-order valence-corrected chi connectivity index (χ4v) is 3.14. The van der Waals surface area contributed by atoms with Crippen LogP contribution in [0.25, 0.3) is 0 Å². The third-order valence-electron chi connectivity index (χ3n) is 3.93. The Morgan fingerprint density at radius 2 is 1.89 bits per heavy atom. The van der Waals surface area contributed by atoms with Crippen molar-refractivity contribution in [1.82, 2.24) is 4.90 Å². The lowest BCUT2D eigenvalue weighted by molar-refractivity contribution is 0.0734. The van der Waals surface area contributed by atoms with Crippen molar-refractivity contribution in [1.29, 1.82) is 0 Å². The predicted octanol–water partition coefficient (Wildman–Crippen LogP) is 4.44. The maximum Gasteiger partial charge on any atom is 0.178 e. The maximum atomic E-state index is 12.4. The van der Waals surface area contributed by atoms with Crippen molar-refractivity contribution in [2.75, 3.05) is 6.54 Å². The molecular formula is C15H19Cl2NO. The second kappa shape index (κ2) is 6.25. The molecule has 1 aromatic rings.